The zero-order chi connectivity index (χ0) is 18.4. The van der Waals surface area contributed by atoms with Gasteiger partial charge in [0.2, 0.25) is 5.91 Å². The summed E-state index contributed by atoms with van der Waals surface area (Å²) in [5.41, 5.74) is 12.3. The smallest absolute Gasteiger partial charge is 0.227 e. The SMILES string of the molecule is N[C@@H]1CN(C(=O)Cc2coc3cc4c(cc23)CCC4)C[C@H]1c1ccccc1. The molecule has 1 fully saturated rings. The summed E-state index contributed by atoms with van der Waals surface area (Å²) in [6.07, 6.45) is 5.60. The number of aryl methyl sites for hydroxylation is 2. The van der Waals surface area contributed by atoms with Gasteiger partial charge in [-0.25, -0.2) is 0 Å². The maximum atomic E-state index is 12.9. The summed E-state index contributed by atoms with van der Waals surface area (Å²) in [5, 5.41) is 1.09. The summed E-state index contributed by atoms with van der Waals surface area (Å²) in [4.78, 5) is 14.9. The van der Waals surface area contributed by atoms with Crippen LogP contribution >= 0.6 is 0 Å². The minimum Gasteiger partial charge on any atom is -0.464 e. The molecule has 2 N–H and O–H groups in total. The normalized spacial score (nSPS) is 21.7. The fraction of sp³-hybridized carbons (Fsp3) is 0.348. The molecule has 0 radical (unpaired) electrons. The predicted octanol–water partition coefficient (Wildman–Crippen LogP) is 3.42. The van der Waals surface area contributed by atoms with Crippen LogP contribution in [0.15, 0.2) is 53.1 Å². The largest absolute Gasteiger partial charge is 0.464 e. The lowest BCUT2D eigenvalue weighted by Gasteiger charge is -2.16. The fourth-order valence-electron chi connectivity index (χ4n) is 4.65. The Morgan fingerprint density at radius 2 is 1.89 bits per heavy atom. The second kappa shape index (κ2) is 6.54. The van der Waals surface area contributed by atoms with E-state index in [0.717, 1.165) is 29.4 Å². The standard InChI is InChI=1S/C23H24N2O2/c24-21-13-25(12-20(21)15-5-2-1-3-6-15)23(26)11-18-14-27-22-10-17-8-4-7-16(17)9-19(18)22/h1-3,5-6,9-10,14,20-21H,4,7-8,11-13,24H2/t20-,21+/m0/s1. The van der Waals surface area contributed by atoms with E-state index in [2.05, 4.69) is 24.3 Å². The van der Waals surface area contributed by atoms with Crippen molar-refractivity contribution in [1.29, 1.82) is 0 Å². The second-order valence-electron chi connectivity index (χ2n) is 7.89. The second-order valence-corrected chi connectivity index (χ2v) is 7.89. The highest BCUT2D eigenvalue weighted by atomic mass is 16.3. The number of hydrogen-bond acceptors (Lipinski definition) is 3. The van der Waals surface area contributed by atoms with Crippen LogP contribution in [0.4, 0.5) is 0 Å². The van der Waals surface area contributed by atoms with Gasteiger partial charge in [-0.2, -0.15) is 0 Å². The number of carbonyl (C=O) groups excluding carboxylic acids is 1. The Morgan fingerprint density at radius 3 is 2.70 bits per heavy atom. The Hall–Kier alpha value is -2.59. The summed E-state index contributed by atoms with van der Waals surface area (Å²) < 4.78 is 5.75. The average molecular weight is 360 g/mol. The summed E-state index contributed by atoms with van der Waals surface area (Å²) >= 11 is 0. The molecule has 5 rings (SSSR count). The first kappa shape index (κ1) is 16.6. The summed E-state index contributed by atoms with van der Waals surface area (Å²) in [7, 11) is 0. The lowest BCUT2D eigenvalue weighted by Crippen LogP contribution is -2.33. The molecule has 2 heterocycles. The zero-order valence-corrected chi connectivity index (χ0v) is 15.4. The van der Waals surface area contributed by atoms with Gasteiger partial charge in [-0.3, -0.25) is 4.79 Å². The Kier molecular flexibility index (Phi) is 4.01. The zero-order valence-electron chi connectivity index (χ0n) is 15.4. The number of nitrogens with zero attached hydrogens (tertiary/aromatic N) is 1. The molecular formula is C23H24N2O2. The van der Waals surface area contributed by atoms with E-state index < -0.39 is 0 Å². The molecule has 4 heteroatoms. The molecule has 0 spiro atoms. The van der Waals surface area contributed by atoms with Gasteiger partial charge in [-0.05, 0) is 48.1 Å². The number of likely N-dealkylation sites (tertiary alicyclic amines) is 1. The average Bonchev–Trinajstić information content (AvgIpc) is 3.39. The molecule has 138 valence electrons. The van der Waals surface area contributed by atoms with E-state index in [1.807, 2.05) is 23.1 Å². The maximum Gasteiger partial charge on any atom is 0.227 e. The minimum atomic E-state index is -0.0132. The monoisotopic (exact) mass is 360 g/mol. The third kappa shape index (κ3) is 2.94. The minimum absolute atomic E-state index is 0.0132. The van der Waals surface area contributed by atoms with Gasteiger partial charge >= 0.3 is 0 Å². The number of carbonyl (C=O) groups is 1. The summed E-state index contributed by atoms with van der Waals surface area (Å²) in [6, 6.07) is 14.6. The van der Waals surface area contributed by atoms with Gasteiger partial charge in [0.1, 0.15) is 5.58 Å². The molecule has 1 aliphatic heterocycles. The van der Waals surface area contributed by atoms with Crippen molar-refractivity contribution in [3.8, 4) is 0 Å². The molecule has 1 aromatic heterocycles. The van der Waals surface area contributed by atoms with Crippen LogP contribution < -0.4 is 5.73 Å². The van der Waals surface area contributed by atoms with Crippen LogP contribution in [0.25, 0.3) is 11.0 Å². The van der Waals surface area contributed by atoms with Crippen LogP contribution in [0.2, 0.25) is 0 Å². The number of hydrogen-bond donors (Lipinski definition) is 1. The molecule has 0 saturated carbocycles. The number of furan rings is 1. The van der Waals surface area contributed by atoms with E-state index in [1.54, 1.807) is 6.26 Å². The Morgan fingerprint density at radius 1 is 1.11 bits per heavy atom. The van der Waals surface area contributed by atoms with Crippen LogP contribution in [0.3, 0.4) is 0 Å². The Balaban J connectivity index is 1.34. The van der Waals surface area contributed by atoms with Gasteiger partial charge in [0, 0.05) is 36.0 Å². The van der Waals surface area contributed by atoms with E-state index >= 15 is 0 Å². The Labute approximate surface area is 158 Å². The molecule has 2 aliphatic rings. The van der Waals surface area contributed by atoms with Gasteiger partial charge in [0.15, 0.2) is 0 Å². The highest BCUT2D eigenvalue weighted by molar-refractivity contribution is 5.89. The van der Waals surface area contributed by atoms with Crippen molar-refractivity contribution in [2.75, 3.05) is 13.1 Å². The fourth-order valence-corrected chi connectivity index (χ4v) is 4.65. The maximum absolute atomic E-state index is 12.9. The first-order valence-electron chi connectivity index (χ1n) is 9.79. The van der Waals surface area contributed by atoms with Crippen molar-refractivity contribution >= 4 is 16.9 Å². The first-order valence-corrected chi connectivity index (χ1v) is 9.79. The number of fused-ring (bicyclic) bond motifs is 2. The predicted molar refractivity (Wildman–Crippen MR) is 106 cm³/mol. The molecule has 0 bridgehead atoms. The molecule has 4 nitrogen and oxygen atoms in total. The molecule has 2 atom stereocenters. The van der Waals surface area contributed by atoms with Crippen LogP contribution in [-0.2, 0) is 24.1 Å². The number of nitrogens with two attached hydrogens (primary N) is 1. The molecule has 2 aromatic carbocycles. The van der Waals surface area contributed by atoms with Crippen LogP contribution in [0, 0.1) is 0 Å². The van der Waals surface area contributed by atoms with Crippen molar-refractivity contribution in [1.82, 2.24) is 4.90 Å². The van der Waals surface area contributed by atoms with Crippen molar-refractivity contribution in [2.24, 2.45) is 5.73 Å². The van der Waals surface area contributed by atoms with Crippen molar-refractivity contribution in [2.45, 2.75) is 37.6 Å². The molecular weight excluding hydrogens is 336 g/mol. The highest BCUT2D eigenvalue weighted by Gasteiger charge is 2.34. The van der Waals surface area contributed by atoms with Gasteiger partial charge in [0.25, 0.3) is 0 Å². The van der Waals surface area contributed by atoms with E-state index in [9.17, 15) is 4.79 Å². The number of rotatable bonds is 3. The van der Waals surface area contributed by atoms with E-state index in [-0.39, 0.29) is 17.9 Å². The molecule has 1 amide bonds. The quantitative estimate of drug-likeness (QED) is 0.779. The lowest BCUT2D eigenvalue weighted by molar-refractivity contribution is -0.129. The first-order chi connectivity index (χ1) is 13.2. The lowest BCUT2D eigenvalue weighted by atomic mass is 9.95. The van der Waals surface area contributed by atoms with Crippen molar-refractivity contribution in [3.63, 3.8) is 0 Å². The van der Waals surface area contributed by atoms with Crippen LogP contribution in [0.1, 0.15) is 34.6 Å². The molecule has 3 aromatic rings. The van der Waals surface area contributed by atoms with Gasteiger partial charge < -0.3 is 15.1 Å². The van der Waals surface area contributed by atoms with Crippen molar-refractivity contribution in [3.05, 3.63) is 71.0 Å². The number of benzene rings is 2. The van der Waals surface area contributed by atoms with E-state index in [1.165, 1.54) is 23.1 Å². The van der Waals surface area contributed by atoms with Gasteiger partial charge in [-0.1, -0.05) is 30.3 Å². The van der Waals surface area contributed by atoms with Crippen molar-refractivity contribution < 1.29 is 9.21 Å². The third-order valence-electron chi connectivity index (χ3n) is 6.16. The summed E-state index contributed by atoms with van der Waals surface area (Å²) in [5.74, 6) is 0.339. The highest BCUT2D eigenvalue weighted by Crippen LogP contribution is 2.31. The molecule has 27 heavy (non-hydrogen) atoms. The molecule has 0 unspecified atom stereocenters. The topological polar surface area (TPSA) is 59.5 Å². The third-order valence-corrected chi connectivity index (χ3v) is 6.16. The van der Waals surface area contributed by atoms with E-state index in [4.69, 9.17) is 10.2 Å². The summed E-state index contributed by atoms with van der Waals surface area (Å²) in [6.45, 7) is 1.30. The van der Waals surface area contributed by atoms with E-state index in [0.29, 0.717) is 19.5 Å². The Bertz CT molecular complexity index is 992. The number of amides is 1. The van der Waals surface area contributed by atoms with Crippen LogP contribution in [0.5, 0.6) is 0 Å². The van der Waals surface area contributed by atoms with Gasteiger partial charge in [-0.15, -0.1) is 0 Å². The van der Waals surface area contributed by atoms with Crippen LogP contribution in [-0.4, -0.2) is 29.9 Å². The van der Waals surface area contributed by atoms with Gasteiger partial charge in [0.05, 0.1) is 12.7 Å². The molecule has 1 saturated heterocycles. The molecule has 1 aliphatic carbocycles.